The van der Waals surface area contributed by atoms with E-state index in [0.29, 0.717) is 29.5 Å². The summed E-state index contributed by atoms with van der Waals surface area (Å²) in [6, 6.07) is 10.6. The second-order valence-electron chi connectivity index (χ2n) is 5.63. The maximum Gasteiger partial charge on any atom is 0.349 e. The minimum atomic E-state index is -0.772. The highest BCUT2D eigenvalue weighted by molar-refractivity contribution is 6.30. The number of benzene rings is 2. The van der Waals surface area contributed by atoms with Crippen molar-refractivity contribution in [2.75, 3.05) is 19.8 Å². The Hall–Kier alpha value is -2.68. The average Bonchev–Trinajstić information content (AvgIpc) is 2.68. The highest BCUT2D eigenvalue weighted by Crippen LogP contribution is 2.33. The van der Waals surface area contributed by atoms with E-state index in [2.05, 4.69) is 0 Å². The van der Waals surface area contributed by atoms with E-state index in [4.69, 9.17) is 30.5 Å². The lowest BCUT2D eigenvalue weighted by atomic mass is 10.1. The van der Waals surface area contributed by atoms with Crippen molar-refractivity contribution in [2.24, 2.45) is 0 Å². The summed E-state index contributed by atoms with van der Waals surface area (Å²) >= 11 is 5.77. The predicted octanol–water partition coefficient (Wildman–Crippen LogP) is 3.67. The van der Waals surface area contributed by atoms with E-state index >= 15 is 0 Å². The number of nitro groups is 1. The van der Waals surface area contributed by atoms with Crippen molar-refractivity contribution in [1.29, 1.82) is 0 Å². The minimum Gasteiger partial charge on any atom is -0.482 e. The average molecular weight is 394 g/mol. The van der Waals surface area contributed by atoms with Crippen LogP contribution >= 0.6 is 11.6 Å². The number of hydrogen-bond acceptors (Lipinski definition) is 7. The first-order valence-electron chi connectivity index (χ1n) is 8.13. The molecule has 0 amide bonds. The molecule has 3 rings (SSSR count). The van der Waals surface area contributed by atoms with Gasteiger partial charge >= 0.3 is 11.7 Å². The van der Waals surface area contributed by atoms with Gasteiger partial charge < -0.3 is 18.9 Å². The third kappa shape index (κ3) is 5.16. The van der Waals surface area contributed by atoms with Gasteiger partial charge in [0.15, 0.2) is 12.9 Å². The molecule has 0 N–H and O–H groups in total. The van der Waals surface area contributed by atoms with Gasteiger partial charge in [-0.1, -0.05) is 11.6 Å². The lowest BCUT2D eigenvalue weighted by Gasteiger charge is -2.23. The van der Waals surface area contributed by atoms with Crippen molar-refractivity contribution in [3.63, 3.8) is 0 Å². The molecule has 9 heteroatoms. The summed E-state index contributed by atoms with van der Waals surface area (Å²) in [6.07, 6.45) is 0.0949. The number of hydrogen-bond donors (Lipinski definition) is 0. The van der Waals surface area contributed by atoms with Gasteiger partial charge in [0.25, 0.3) is 0 Å². The largest absolute Gasteiger partial charge is 0.482 e. The smallest absolute Gasteiger partial charge is 0.349 e. The molecule has 1 fully saturated rings. The van der Waals surface area contributed by atoms with Crippen molar-refractivity contribution in [1.82, 2.24) is 0 Å². The Balaban J connectivity index is 1.66. The lowest BCUT2D eigenvalue weighted by Crippen LogP contribution is -2.19. The summed E-state index contributed by atoms with van der Waals surface area (Å²) in [5.74, 6) is -0.525. The Kier molecular flexibility index (Phi) is 6.23. The fourth-order valence-electron chi connectivity index (χ4n) is 2.42. The Morgan fingerprint density at radius 1 is 1.19 bits per heavy atom. The maximum absolute atomic E-state index is 12.0. The number of rotatable bonds is 6. The molecule has 27 heavy (non-hydrogen) atoms. The molecule has 142 valence electrons. The zero-order chi connectivity index (χ0) is 19.2. The van der Waals surface area contributed by atoms with Crippen LogP contribution in [0.4, 0.5) is 5.69 Å². The third-order valence-corrected chi connectivity index (χ3v) is 3.93. The zero-order valence-electron chi connectivity index (χ0n) is 14.1. The first-order chi connectivity index (χ1) is 13.0. The topological polar surface area (TPSA) is 97.1 Å². The second-order valence-corrected chi connectivity index (χ2v) is 6.06. The van der Waals surface area contributed by atoms with E-state index < -0.39 is 23.8 Å². The van der Waals surface area contributed by atoms with Gasteiger partial charge in [0, 0.05) is 16.7 Å². The fourth-order valence-corrected chi connectivity index (χ4v) is 2.54. The quantitative estimate of drug-likeness (QED) is 0.319. The molecule has 8 nitrogen and oxygen atoms in total. The lowest BCUT2D eigenvalue weighted by molar-refractivity contribution is -0.385. The molecule has 0 atom stereocenters. The normalized spacial score (nSPS) is 14.6. The van der Waals surface area contributed by atoms with E-state index in [0.717, 1.165) is 6.42 Å². The van der Waals surface area contributed by atoms with Crippen LogP contribution in [0.2, 0.25) is 5.02 Å². The molecule has 0 spiro atoms. The molecule has 1 saturated heterocycles. The van der Waals surface area contributed by atoms with Crippen molar-refractivity contribution in [3.05, 3.63) is 63.2 Å². The van der Waals surface area contributed by atoms with Gasteiger partial charge in [0.1, 0.15) is 5.75 Å². The van der Waals surface area contributed by atoms with E-state index in [1.165, 1.54) is 12.1 Å². The number of nitrogens with zero attached hydrogens (tertiary/aromatic N) is 1. The Bertz CT molecular complexity index is 819. The first-order valence-corrected chi connectivity index (χ1v) is 8.51. The molecule has 0 aliphatic carbocycles. The standard InChI is InChI=1S/C18H16ClNO7/c19-13-3-5-14(6-4-13)26-11-17(21)27-16-7-2-12(10-15(16)20(22)23)18-24-8-1-9-25-18/h2-7,10,18H,1,8-9,11H2. The van der Waals surface area contributed by atoms with Crippen LogP contribution in [0, 0.1) is 10.1 Å². The predicted molar refractivity (Wildman–Crippen MR) is 94.9 cm³/mol. The van der Waals surface area contributed by atoms with Crippen LogP contribution in [0.15, 0.2) is 42.5 Å². The van der Waals surface area contributed by atoms with Crippen LogP contribution in [0.5, 0.6) is 11.5 Å². The molecular formula is C18H16ClNO7. The molecule has 0 unspecified atom stereocenters. The Morgan fingerprint density at radius 2 is 1.89 bits per heavy atom. The van der Waals surface area contributed by atoms with Gasteiger partial charge in [-0.25, -0.2) is 4.79 Å². The second kappa shape index (κ2) is 8.81. The van der Waals surface area contributed by atoms with Crippen LogP contribution in [-0.4, -0.2) is 30.7 Å². The SMILES string of the molecule is O=C(COc1ccc(Cl)cc1)Oc1ccc(C2OCCCO2)cc1[N+](=O)[O-]. The number of ether oxygens (including phenoxy) is 4. The van der Waals surface area contributed by atoms with Crippen molar-refractivity contribution < 1.29 is 28.7 Å². The Morgan fingerprint density at radius 3 is 2.56 bits per heavy atom. The number of carbonyl (C=O) groups excluding carboxylic acids is 1. The van der Waals surface area contributed by atoms with E-state index in [1.807, 2.05) is 0 Å². The van der Waals surface area contributed by atoms with E-state index in [9.17, 15) is 14.9 Å². The van der Waals surface area contributed by atoms with Crippen LogP contribution in [0.25, 0.3) is 0 Å². The molecule has 1 heterocycles. The van der Waals surface area contributed by atoms with Crippen molar-refractivity contribution in [2.45, 2.75) is 12.7 Å². The summed E-state index contributed by atoms with van der Waals surface area (Å²) in [5.41, 5.74) is 0.128. The highest BCUT2D eigenvalue weighted by Gasteiger charge is 2.24. The summed E-state index contributed by atoms with van der Waals surface area (Å²) < 4.78 is 21.2. The van der Waals surface area contributed by atoms with Gasteiger partial charge in [-0.15, -0.1) is 0 Å². The molecule has 0 radical (unpaired) electrons. The Labute approximate surface area is 159 Å². The van der Waals surface area contributed by atoms with Gasteiger partial charge in [-0.05, 0) is 42.8 Å². The molecular weight excluding hydrogens is 378 g/mol. The van der Waals surface area contributed by atoms with Crippen LogP contribution in [0.3, 0.4) is 0 Å². The molecule has 0 bridgehead atoms. The summed E-state index contributed by atoms with van der Waals surface area (Å²) in [4.78, 5) is 22.7. The molecule has 1 aliphatic rings. The monoisotopic (exact) mass is 393 g/mol. The third-order valence-electron chi connectivity index (χ3n) is 3.67. The molecule has 2 aromatic carbocycles. The number of halogens is 1. The first kappa shape index (κ1) is 19.1. The van der Waals surface area contributed by atoms with E-state index in [-0.39, 0.29) is 11.4 Å². The fraction of sp³-hybridized carbons (Fsp3) is 0.278. The maximum atomic E-state index is 12.0. The number of nitro benzene ring substituents is 1. The molecule has 0 saturated carbocycles. The van der Waals surface area contributed by atoms with Gasteiger partial charge in [0.2, 0.25) is 5.75 Å². The molecule has 0 aromatic heterocycles. The minimum absolute atomic E-state index is 0.177. The summed E-state index contributed by atoms with van der Waals surface area (Å²) in [5, 5.41) is 11.9. The van der Waals surface area contributed by atoms with Crippen LogP contribution in [-0.2, 0) is 14.3 Å². The van der Waals surface area contributed by atoms with Gasteiger partial charge in [0.05, 0.1) is 18.1 Å². The van der Waals surface area contributed by atoms with Crippen LogP contribution < -0.4 is 9.47 Å². The van der Waals surface area contributed by atoms with Crippen molar-refractivity contribution >= 4 is 23.3 Å². The van der Waals surface area contributed by atoms with Gasteiger partial charge in [-0.2, -0.15) is 0 Å². The number of carbonyl (C=O) groups is 1. The summed E-state index contributed by atoms with van der Waals surface area (Å²) in [7, 11) is 0. The van der Waals surface area contributed by atoms with Crippen LogP contribution in [0.1, 0.15) is 18.3 Å². The number of esters is 1. The van der Waals surface area contributed by atoms with E-state index in [1.54, 1.807) is 30.3 Å². The van der Waals surface area contributed by atoms with Crippen molar-refractivity contribution in [3.8, 4) is 11.5 Å². The zero-order valence-corrected chi connectivity index (χ0v) is 14.9. The molecule has 1 aliphatic heterocycles. The highest BCUT2D eigenvalue weighted by atomic mass is 35.5. The molecule has 2 aromatic rings. The summed E-state index contributed by atoms with van der Waals surface area (Å²) in [6.45, 7) is 0.615. The van der Waals surface area contributed by atoms with Gasteiger partial charge in [-0.3, -0.25) is 10.1 Å².